The van der Waals surface area contributed by atoms with E-state index in [1.165, 1.54) is 7.11 Å². The molecule has 340 valence electrons. The number of benzene rings is 3. The quantitative estimate of drug-likeness (QED) is 0.0284. The number of carbonyl (C=O) groups is 3. The standard InChI is InChI=1S/C40H58N6O10.4ClH/c1-50-40(49)31-24-36(55-18-6-12-45-38(47)29-20-32(51-14-2-8-41)26-33(21-29)52-15-3-9-42)28-37(25-31)56-19-7-13-46-39(48)30-22-34(53-16-4-10-43)27-35(23-30)54-17-5-11-44;;;;/h20-28H,2-19,41-44H2,1H3,(H,45,47)(H,46,48);4*1H. The third kappa shape index (κ3) is 22.5. The molecule has 2 amide bonds. The van der Waals surface area contributed by atoms with Crippen molar-refractivity contribution in [3.05, 3.63) is 71.3 Å². The van der Waals surface area contributed by atoms with E-state index in [1.807, 2.05) is 0 Å². The van der Waals surface area contributed by atoms with Gasteiger partial charge in [0.1, 0.15) is 34.5 Å². The molecule has 0 radical (unpaired) electrons. The van der Waals surface area contributed by atoms with Crippen LogP contribution in [-0.4, -0.2) is 104 Å². The van der Waals surface area contributed by atoms with E-state index < -0.39 is 5.97 Å². The maximum absolute atomic E-state index is 13.0. The highest BCUT2D eigenvalue weighted by molar-refractivity contribution is 5.95. The van der Waals surface area contributed by atoms with Crippen molar-refractivity contribution in [1.29, 1.82) is 0 Å². The van der Waals surface area contributed by atoms with Crippen LogP contribution in [0.1, 0.15) is 69.6 Å². The van der Waals surface area contributed by atoms with Gasteiger partial charge in [-0.05, 0) is 49.2 Å². The number of esters is 1. The second kappa shape index (κ2) is 34.6. The first-order valence-electron chi connectivity index (χ1n) is 19.3. The van der Waals surface area contributed by atoms with Crippen molar-refractivity contribution < 1.29 is 120 Å². The molecule has 16 nitrogen and oxygen atoms in total. The number of amides is 2. The third-order valence-corrected chi connectivity index (χ3v) is 7.99. The van der Waals surface area contributed by atoms with Gasteiger partial charge in [0.05, 0.1) is 78.5 Å². The van der Waals surface area contributed by atoms with Gasteiger partial charge in [0.15, 0.2) is 0 Å². The Morgan fingerprint density at radius 1 is 0.417 bits per heavy atom. The molecule has 0 unspecified atom stereocenters. The van der Waals surface area contributed by atoms with Crippen LogP contribution in [0.3, 0.4) is 0 Å². The molecule has 0 heterocycles. The van der Waals surface area contributed by atoms with Gasteiger partial charge in [-0.1, -0.05) is 0 Å². The predicted molar refractivity (Wildman–Crippen MR) is 207 cm³/mol. The zero-order valence-electron chi connectivity index (χ0n) is 34.3. The summed E-state index contributed by atoms with van der Waals surface area (Å²) in [5.74, 6) is 1.96. The van der Waals surface area contributed by atoms with Crippen LogP contribution in [0.4, 0.5) is 0 Å². The third-order valence-electron chi connectivity index (χ3n) is 7.99. The second-order valence-electron chi connectivity index (χ2n) is 12.7. The van der Waals surface area contributed by atoms with E-state index in [1.54, 1.807) is 54.6 Å². The Morgan fingerprint density at radius 3 is 0.917 bits per heavy atom. The summed E-state index contributed by atoms with van der Waals surface area (Å²) >= 11 is 0. The molecule has 14 N–H and O–H groups in total. The molecule has 60 heavy (non-hydrogen) atoms. The first-order valence-corrected chi connectivity index (χ1v) is 19.3. The SMILES string of the molecule is COC(=O)c1cc(OCCCNC(=O)c2cc(OCCC[NH3+])cc(OCCC[NH3+])c2)cc(OCCCNC(=O)c2cc(OCCC[NH3+])cc(OCCC[NH3+])c2)c1.[Cl-].[Cl-].[Cl-].[Cl-]. The van der Waals surface area contributed by atoms with Crippen molar-refractivity contribution in [3.8, 4) is 34.5 Å². The number of halogens is 4. The number of hydrogen-bond acceptors (Lipinski definition) is 10. The average molecular weight is 929 g/mol. The number of methoxy groups -OCH3 is 1. The van der Waals surface area contributed by atoms with Crippen LogP contribution in [0.5, 0.6) is 34.5 Å². The lowest BCUT2D eigenvalue weighted by atomic mass is 10.2. The molecular formula is C40H62Cl4N6O10. The Labute approximate surface area is 377 Å². The minimum atomic E-state index is -0.542. The fourth-order valence-electron chi connectivity index (χ4n) is 5.01. The van der Waals surface area contributed by atoms with Crippen LogP contribution in [0.2, 0.25) is 0 Å². The van der Waals surface area contributed by atoms with Crippen LogP contribution in [-0.2, 0) is 4.74 Å². The Bertz CT molecular complexity index is 1500. The zero-order valence-corrected chi connectivity index (χ0v) is 37.4. The summed E-state index contributed by atoms with van der Waals surface area (Å²) in [5, 5.41) is 5.83. The molecule has 0 aromatic heterocycles. The van der Waals surface area contributed by atoms with Gasteiger partial charge in [-0.25, -0.2) is 4.79 Å². The molecule has 0 atom stereocenters. The fraction of sp³-hybridized carbons (Fsp3) is 0.475. The Morgan fingerprint density at radius 2 is 0.667 bits per heavy atom. The summed E-state index contributed by atoms with van der Waals surface area (Å²) in [6.07, 6.45) is 4.17. The Balaban J connectivity index is 0. The number of nitrogens with one attached hydrogen (secondary N) is 2. The van der Waals surface area contributed by atoms with Crippen LogP contribution in [0.15, 0.2) is 54.6 Å². The van der Waals surface area contributed by atoms with Crippen LogP contribution < -0.4 is 112 Å². The van der Waals surface area contributed by atoms with E-state index in [0.29, 0.717) is 98.0 Å². The number of carbonyl (C=O) groups excluding carboxylic acids is 3. The number of rotatable bonds is 29. The molecule has 20 heteroatoms. The maximum Gasteiger partial charge on any atom is 0.338 e. The zero-order chi connectivity index (χ0) is 40.4. The molecule has 3 aromatic rings. The van der Waals surface area contributed by atoms with Crippen molar-refractivity contribution >= 4 is 17.8 Å². The predicted octanol–water partition coefficient (Wildman–Crippen LogP) is -12.1. The molecule has 0 bridgehead atoms. The highest BCUT2D eigenvalue weighted by atomic mass is 35.5. The normalized spacial score (nSPS) is 9.95. The first kappa shape index (κ1) is 58.0. The number of hydrogen-bond donors (Lipinski definition) is 6. The molecule has 0 aliphatic rings. The van der Waals surface area contributed by atoms with Crippen molar-refractivity contribution in [2.45, 2.75) is 38.5 Å². The van der Waals surface area contributed by atoms with Crippen molar-refractivity contribution in [1.82, 2.24) is 10.6 Å². The van der Waals surface area contributed by atoms with Gasteiger partial charge in [-0.2, -0.15) is 0 Å². The summed E-state index contributed by atoms with van der Waals surface area (Å²) in [5.41, 5.74) is 16.5. The summed E-state index contributed by atoms with van der Waals surface area (Å²) in [6, 6.07) is 15.1. The molecule has 0 aliphatic heterocycles. The molecular weight excluding hydrogens is 866 g/mol. The molecule has 0 aliphatic carbocycles. The average Bonchev–Trinajstić information content (AvgIpc) is 3.20. The van der Waals surface area contributed by atoms with Crippen LogP contribution in [0, 0.1) is 0 Å². The second-order valence-corrected chi connectivity index (χ2v) is 12.7. The van der Waals surface area contributed by atoms with E-state index >= 15 is 0 Å². The summed E-state index contributed by atoms with van der Waals surface area (Å²) in [7, 11) is 1.30. The summed E-state index contributed by atoms with van der Waals surface area (Å²) in [4.78, 5) is 38.5. The smallest absolute Gasteiger partial charge is 0.338 e. The highest BCUT2D eigenvalue weighted by Crippen LogP contribution is 2.26. The molecule has 0 spiro atoms. The Kier molecular flexibility index (Phi) is 33.4. The van der Waals surface area contributed by atoms with Gasteiger partial charge in [0.2, 0.25) is 0 Å². The van der Waals surface area contributed by atoms with Gasteiger partial charge in [0, 0.05) is 68.1 Å². The number of ether oxygens (including phenoxy) is 7. The Hall–Kier alpha value is -4.13. The lowest BCUT2D eigenvalue weighted by Crippen LogP contribution is -3.00. The van der Waals surface area contributed by atoms with Gasteiger partial charge in [-0.3, -0.25) is 9.59 Å². The molecule has 0 fully saturated rings. The van der Waals surface area contributed by atoms with E-state index in [-0.39, 0.29) is 80.2 Å². The summed E-state index contributed by atoms with van der Waals surface area (Å²) < 4.78 is 40.0. The number of quaternary nitrogens is 4. The van der Waals surface area contributed by atoms with Crippen LogP contribution >= 0.6 is 0 Å². The van der Waals surface area contributed by atoms with Crippen molar-refractivity contribution in [2.24, 2.45) is 0 Å². The lowest BCUT2D eigenvalue weighted by molar-refractivity contribution is -0.369. The first-order chi connectivity index (χ1) is 27.3. The maximum atomic E-state index is 13.0. The molecule has 0 saturated carbocycles. The van der Waals surface area contributed by atoms with E-state index in [2.05, 4.69) is 33.6 Å². The highest BCUT2D eigenvalue weighted by Gasteiger charge is 2.14. The minimum Gasteiger partial charge on any atom is -1.00 e. The fourth-order valence-corrected chi connectivity index (χ4v) is 5.01. The van der Waals surface area contributed by atoms with Gasteiger partial charge >= 0.3 is 5.97 Å². The van der Waals surface area contributed by atoms with E-state index in [0.717, 1.165) is 51.9 Å². The van der Waals surface area contributed by atoms with Crippen molar-refractivity contribution in [3.63, 3.8) is 0 Å². The minimum absolute atomic E-state index is 0. The summed E-state index contributed by atoms with van der Waals surface area (Å²) in [6.45, 7) is 6.16. The van der Waals surface area contributed by atoms with Crippen LogP contribution in [0.25, 0.3) is 0 Å². The topological polar surface area (TPSA) is 250 Å². The molecule has 0 saturated heterocycles. The molecule has 3 rings (SSSR count). The molecule has 3 aromatic carbocycles. The largest absolute Gasteiger partial charge is 1.00 e. The van der Waals surface area contributed by atoms with Gasteiger partial charge in [-0.15, -0.1) is 0 Å². The monoisotopic (exact) mass is 926 g/mol. The lowest BCUT2D eigenvalue weighted by Gasteiger charge is -2.14. The van der Waals surface area contributed by atoms with E-state index in [4.69, 9.17) is 33.2 Å². The van der Waals surface area contributed by atoms with Crippen molar-refractivity contribution in [2.75, 3.05) is 86.0 Å². The van der Waals surface area contributed by atoms with Gasteiger partial charge < -0.3 is 116 Å². The van der Waals surface area contributed by atoms with E-state index in [9.17, 15) is 14.4 Å². The van der Waals surface area contributed by atoms with Gasteiger partial charge in [0.25, 0.3) is 11.8 Å².